The normalized spacial score (nSPS) is 28.3. The van der Waals surface area contributed by atoms with Crippen LogP contribution in [0.25, 0.3) is 10.8 Å². The number of benzene rings is 3. The molecule has 3 fully saturated rings. The second kappa shape index (κ2) is 12.5. The lowest BCUT2D eigenvalue weighted by atomic mass is 9.56. The van der Waals surface area contributed by atoms with Gasteiger partial charge in [0.25, 0.3) is 11.8 Å². The number of phenolic OH excluding ortho intramolecular Hbond substituents is 1. The number of nitrogens with zero attached hydrogens (tertiary/aromatic N) is 2. The first-order valence-corrected chi connectivity index (χ1v) is 17.1. The van der Waals surface area contributed by atoms with Crippen LogP contribution in [0.3, 0.4) is 0 Å². The van der Waals surface area contributed by atoms with Gasteiger partial charge in [0, 0.05) is 24.3 Å². The van der Waals surface area contributed by atoms with Crippen molar-refractivity contribution < 1.29 is 56.1 Å². The number of halogens is 7. The van der Waals surface area contributed by atoms with Gasteiger partial charge in [0.15, 0.2) is 33.0 Å². The van der Waals surface area contributed by atoms with Crippen molar-refractivity contribution in [1.29, 1.82) is 0 Å². The van der Waals surface area contributed by atoms with Gasteiger partial charge in [0.05, 0.1) is 11.8 Å². The molecule has 7 rings (SSSR count). The first-order valence-electron chi connectivity index (χ1n) is 16.3. The summed E-state index contributed by atoms with van der Waals surface area (Å²) in [4.78, 5) is 63.0. The Labute approximate surface area is 301 Å². The summed E-state index contributed by atoms with van der Waals surface area (Å²) in [5, 5.41) is 20.2. The number of carboxylic acid groups (broad SMARTS) is 1. The van der Waals surface area contributed by atoms with Crippen LogP contribution in [0.15, 0.2) is 48.0 Å². The Morgan fingerprint density at radius 3 is 2.10 bits per heavy atom. The highest BCUT2D eigenvalue weighted by molar-refractivity contribution is 6.58. The number of likely N-dealkylation sites (tertiary alicyclic amines) is 1. The monoisotopic (exact) mass is 764 g/mol. The van der Waals surface area contributed by atoms with Gasteiger partial charge in [0.1, 0.15) is 11.4 Å². The first kappa shape index (κ1) is 35.8. The zero-order chi connectivity index (χ0) is 37.6. The summed E-state index contributed by atoms with van der Waals surface area (Å²) < 4.78 is 73.6. The summed E-state index contributed by atoms with van der Waals surface area (Å²) in [7, 11) is 0. The molecule has 2 N–H and O–H groups in total. The van der Waals surface area contributed by atoms with E-state index >= 15 is 8.78 Å². The molecule has 0 radical (unpaired) electrons. The van der Waals surface area contributed by atoms with E-state index in [0.717, 1.165) is 4.90 Å². The van der Waals surface area contributed by atoms with E-state index in [9.17, 15) is 42.3 Å². The molecule has 0 bridgehead atoms. The van der Waals surface area contributed by atoms with Crippen LogP contribution in [0.2, 0.25) is 0 Å². The Hall–Kier alpha value is -4.56. The van der Waals surface area contributed by atoms with Gasteiger partial charge in [-0.25, -0.2) is 26.9 Å². The second-order valence-electron chi connectivity index (χ2n) is 13.4. The minimum absolute atomic E-state index is 0.0186. The third-order valence-corrected chi connectivity index (χ3v) is 12.2. The topological polar surface area (TPSA) is 132 Å². The molecule has 0 aromatic heterocycles. The molecule has 52 heavy (non-hydrogen) atoms. The van der Waals surface area contributed by atoms with Gasteiger partial charge in [-0.3, -0.25) is 28.9 Å². The standard InChI is InChI=1S/C36H27Cl2F5N2O7/c37-35-14-20-18(9-10-19-23(20)32(50)44(31(19)49)13-5-1-2-8-22(47)48)24(17-11-12-21(46)16-7-4-3-6-15(16)17)36(35,38)34(52)45(33(35)51)30-28(42)26(40)25(39)27(41)29(30)43/h3-4,6-7,9,11-12,19-20,23-24,46H,1-2,5,8,10,13-14H2,(H,47,48)/t19-,20+,23-,24-,35+,36-/m0/s1. The van der Waals surface area contributed by atoms with E-state index in [1.165, 1.54) is 12.1 Å². The summed E-state index contributed by atoms with van der Waals surface area (Å²) in [6, 6.07) is 8.99. The number of imide groups is 2. The number of rotatable bonds is 8. The lowest BCUT2D eigenvalue weighted by Crippen LogP contribution is -2.60. The number of unbranched alkanes of at least 4 members (excludes halogenated alkanes) is 2. The molecule has 9 nitrogen and oxygen atoms in total. The summed E-state index contributed by atoms with van der Waals surface area (Å²) in [5.41, 5.74) is -1.39. The number of phenols is 1. The number of carbonyl (C=O) groups excluding carboxylic acids is 4. The number of carbonyl (C=O) groups is 5. The lowest BCUT2D eigenvalue weighted by Gasteiger charge is -2.51. The highest BCUT2D eigenvalue weighted by Gasteiger charge is 2.77. The molecule has 4 amide bonds. The summed E-state index contributed by atoms with van der Waals surface area (Å²) in [6.07, 6.45) is 1.88. The first-order chi connectivity index (χ1) is 24.6. The fraction of sp³-hybridized carbons (Fsp3) is 0.361. The smallest absolute Gasteiger partial charge is 0.303 e. The number of alkyl halides is 2. The molecule has 4 aliphatic rings. The van der Waals surface area contributed by atoms with Gasteiger partial charge in [0.2, 0.25) is 17.6 Å². The molecule has 2 aliphatic carbocycles. The van der Waals surface area contributed by atoms with Gasteiger partial charge in [-0.1, -0.05) is 48.4 Å². The van der Waals surface area contributed by atoms with Crippen molar-refractivity contribution in [2.75, 3.05) is 11.4 Å². The van der Waals surface area contributed by atoms with Crippen molar-refractivity contribution in [3.63, 3.8) is 0 Å². The largest absolute Gasteiger partial charge is 0.507 e. The average molecular weight is 766 g/mol. The zero-order valence-electron chi connectivity index (χ0n) is 26.8. The maximum absolute atomic E-state index is 15.3. The molecule has 2 aliphatic heterocycles. The molecule has 3 aromatic rings. The summed E-state index contributed by atoms with van der Waals surface area (Å²) in [6.45, 7) is -0.0186. The molecule has 1 saturated carbocycles. The number of carboxylic acids is 1. The predicted octanol–water partition coefficient (Wildman–Crippen LogP) is 6.45. The highest BCUT2D eigenvalue weighted by Crippen LogP contribution is 2.66. The number of aromatic hydroxyl groups is 1. The molecule has 2 heterocycles. The molecular weight excluding hydrogens is 738 g/mol. The average Bonchev–Trinajstić information content (AvgIpc) is 3.44. The van der Waals surface area contributed by atoms with Crippen molar-refractivity contribution in [3.05, 3.63) is 82.7 Å². The van der Waals surface area contributed by atoms with Crippen LogP contribution in [0.5, 0.6) is 5.75 Å². The highest BCUT2D eigenvalue weighted by atomic mass is 35.5. The number of amides is 4. The van der Waals surface area contributed by atoms with Crippen LogP contribution >= 0.6 is 23.2 Å². The minimum Gasteiger partial charge on any atom is -0.507 e. The molecule has 16 heteroatoms. The van der Waals surface area contributed by atoms with E-state index < -0.39 is 104 Å². The molecule has 3 aromatic carbocycles. The number of fused-ring (bicyclic) bond motifs is 5. The van der Waals surface area contributed by atoms with Crippen LogP contribution in [0.1, 0.15) is 50.0 Å². The molecule has 0 spiro atoms. The molecule has 0 unspecified atom stereocenters. The van der Waals surface area contributed by atoms with E-state index in [1.807, 2.05) is 0 Å². The van der Waals surface area contributed by atoms with Gasteiger partial charge in [-0.2, -0.15) is 0 Å². The van der Waals surface area contributed by atoms with Gasteiger partial charge < -0.3 is 10.2 Å². The molecule has 6 atom stereocenters. The number of anilines is 1. The fourth-order valence-corrected chi connectivity index (χ4v) is 9.41. The van der Waals surface area contributed by atoms with Crippen molar-refractivity contribution in [1.82, 2.24) is 4.90 Å². The Morgan fingerprint density at radius 2 is 1.44 bits per heavy atom. The zero-order valence-corrected chi connectivity index (χ0v) is 28.3. The second-order valence-corrected chi connectivity index (χ2v) is 14.7. The van der Waals surface area contributed by atoms with Crippen LogP contribution in [0.4, 0.5) is 27.6 Å². The Kier molecular flexibility index (Phi) is 8.64. The summed E-state index contributed by atoms with van der Waals surface area (Å²) in [5.74, 6) is -22.5. The Balaban J connectivity index is 1.39. The fourth-order valence-electron chi connectivity index (χ4n) is 8.48. The van der Waals surface area contributed by atoms with Crippen molar-refractivity contribution in [3.8, 4) is 5.75 Å². The molecule has 272 valence electrons. The van der Waals surface area contributed by atoms with Crippen LogP contribution in [-0.2, 0) is 24.0 Å². The quantitative estimate of drug-likeness (QED) is 0.0513. The minimum atomic E-state index is -2.70. The maximum Gasteiger partial charge on any atom is 0.303 e. The SMILES string of the molecule is O=C(O)CCCCCN1C(=O)[C@H]2[C@H](CC=C3[C@H]2C[C@@]2(Cl)C(=O)N(c4c(F)c(F)c(F)c(F)c4F)C(=O)[C@@]2(Cl)[C@H]3c2ccc(O)c3ccccc23)C1=O. The maximum atomic E-state index is 15.3. The molecule has 2 saturated heterocycles. The van der Waals surface area contributed by atoms with Gasteiger partial charge >= 0.3 is 5.97 Å². The predicted molar refractivity (Wildman–Crippen MR) is 175 cm³/mol. The van der Waals surface area contributed by atoms with E-state index in [1.54, 1.807) is 30.3 Å². The van der Waals surface area contributed by atoms with Crippen molar-refractivity contribution in [2.45, 2.75) is 54.2 Å². The van der Waals surface area contributed by atoms with Gasteiger partial charge in [-0.05, 0) is 48.6 Å². The third kappa shape index (κ3) is 4.82. The Morgan fingerprint density at radius 1 is 0.808 bits per heavy atom. The number of aliphatic carboxylic acids is 1. The van der Waals surface area contributed by atoms with E-state index in [0.29, 0.717) is 24.6 Å². The summed E-state index contributed by atoms with van der Waals surface area (Å²) >= 11 is 14.4. The third-order valence-electron chi connectivity index (χ3n) is 10.8. The van der Waals surface area contributed by atoms with Crippen molar-refractivity contribution >= 4 is 69.3 Å². The number of hydrogen-bond acceptors (Lipinski definition) is 6. The van der Waals surface area contributed by atoms with E-state index in [-0.39, 0.29) is 46.6 Å². The molecular formula is C36H27Cl2F5N2O7. The van der Waals surface area contributed by atoms with Crippen molar-refractivity contribution in [2.24, 2.45) is 17.8 Å². The lowest BCUT2D eigenvalue weighted by molar-refractivity contribution is -0.141. The number of allylic oxidation sites excluding steroid dienone is 2. The van der Waals surface area contributed by atoms with E-state index in [4.69, 9.17) is 28.3 Å². The van der Waals surface area contributed by atoms with Crippen LogP contribution < -0.4 is 4.90 Å². The number of hydrogen-bond donors (Lipinski definition) is 2. The van der Waals surface area contributed by atoms with Crippen LogP contribution in [0, 0.1) is 46.8 Å². The Bertz CT molecular complexity index is 2140. The van der Waals surface area contributed by atoms with E-state index in [2.05, 4.69) is 0 Å². The van der Waals surface area contributed by atoms with Crippen LogP contribution in [-0.4, -0.2) is 61.0 Å². The van der Waals surface area contributed by atoms with Gasteiger partial charge in [-0.15, -0.1) is 23.2 Å².